The second-order valence-corrected chi connectivity index (χ2v) is 7.96. The highest BCUT2D eigenvalue weighted by molar-refractivity contribution is 7.98. The Labute approximate surface area is 173 Å². The minimum Gasteiger partial charge on any atom is -0.472 e. The Kier molecular flexibility index (Phi) is 4.89. The van der Waals surface area contributed by atoms with E-state index in [1.807, 2.05) is 42.4 Å². The zero-order chi connectivity index (χ0) is 19.8. The molecule has 7 nitrogen and oxygen atoms in total. The Bertz CT molecular complexity index is 1150. The number of hydrogen-bond donors (Lipinski definition) is 0. The smallest absolute Gasteiger partial charge is 0.229 e. The van der Waals surface area contributed by atoms with Crippen LogP contribution in [0.1, 0.15) is 31.1 Å². The Balaban J connectivity index is 1.66. The molecule has 150 valence electrons. The highest BCUT2D eigenvalue weighted by Crippen LogP contribution is 2.37. The van der Waals surface area contributed by atoms with Crippen molar-refractivity contribution in [3.8, 4) is 5.88 Å². The fraction of sp³-hybridized carbons (Fsp3) is 0.381. The van der Waals surface area contributed by atoms with Crippen LogP contribution in [0.15, 0.2) is 41.7 Å². The average Bonchev–Trinajstić information content (AvgIpc) is 3.33. The second-order valence-electron chi connectivity index (χ2n) is 7.19. The zero-order valence-corrected chi connectivity index (χ0v) is 17.4. The van der Waals surface area contributed by atoms with Crippen LogP contribution < -0.4 is 4.74 Å². The highest BCUT2D eigenvalue weighted by atomic mass is 32.2. The van der Waals surface area contributed by atoms with Crippen molar-refractivity contribution in [2.75, 3.05) is 12.9 Å². The lowest BCUT2D eigenvalue weighted by molar-refractivity contribution is -0.0365. The molecule has 1 saturated heterocycles. The van der Waals surface area contributed by atoms with E-state index in [9.17, 15) is 0 Å². The fourth-order valence-electron chi connectivity index (χ4n) is 3.87. The number of hydrogen-bond acceptors (Lipinski definition) is 6. The molecule has 1 atom stereocenters. The first-order valence-electron chi connectivity index (χ1n) is 9.82. The summed E-state index contributed by atoms with van der Waals surface area (Å²) in [6.07, 6.45) is 6.99. The van der Waals surface area contributed by atoms with Crippen molar-refractivity contribution in [1.82, 2.24) is 24.3 Å². The summed E-state index contributed by atoms with van der Waals surface area (Å²) in [7, 11) is 2.01. The second kappa shape index (κ2) is 7.68. The summed E-state index contributed by atoms with van der Waals surface area (Å²) in [6, 6.07) is 10.1. The number of rotatable bonds is 5. The van der Waals surface area contributed by atoms with E-state index in [1.165, 1.54) is 11.8 Å². The van der Waals surface area contributed by atoms with Crippen LogP contribution in [0.2, 0.25) is 0 Å². The van der Waals surface area contributed by atoms with E-state index in [0.29, 0.717) is 17.6 Å². The topological polar surface area (TPSA) is 67.0 Å². The van der Waals surface area contributed by atoms with Crippen LogP contribution >= 0.6 is 11.8 Å². The van der Waals surface area contributed by atoms with Gasteiger partial charge in [0.25, 0.3) is 0 Å². The number of nitrogens with zero attached hydrogens (tertiary/aromatic N) is 5. The molecule has 0 aliphatic carbocycles. The molecule has 0 N–H and O–H groups in total. The summed E-state index contributed by atoms with van der Waals surface area (Å²) in [6.45, 7) is 1.21. The molecular formula is C21H23N5O2S. The Morgan fingerprint density at radius 2 is 2.07 bits per heavy atom. The standard InChI is InChI=1S/C21H23N5O2S/c1-25-15-12-22-26(16-10-6-7-11-27-16)18(15)17-19(25)23-21(29-2)24-20(17)28-13-14-8-4-3-5-9-14/h3-5,8-9,12,16H,6-7,10-11,13H2,1-2H3. The van der Waals surface area contributed by atoms with Gasteiger partial charge in [-0.3, -0.25) is 0 Å². The van der Waals surface area contributed by atoms with Gasteiger partial charge in [0, 0.05) is 13.7 Å². The molecule has 0 saturated carbocycles. The molecule has 4 aromatic rings. The molecule has 3 aromatic heterocycles. The first kappa shape index (κ1) is 18.4. The lowest BCUT2D eigenvalue weighted by Crippen LogP contribution is -2.19. The predicted molar refractivity (Wildman–Crippen MR) is 113 cm³/mol. The van der Waals surface area contributed by atoms with E-state index in [1.54, 1.807) is 0 Å². The number of benzene rings is 1. The zero-order valence-electron chi connectivity index (χ0n) is 16.5. The van der Waals surface area contributed by atoms with Crippen LogP contribution in [0.4, 0.5) is 0 Å². The van der Waals surface area contributed by atoms with E-state index in [2.05, 4.69) is 21.8 Å². The molecule has 0 amide bonds. The van der Waals surface area contributed by atoms with Crippen LogP contribution in [-0.2, 0) is 18.4 Å². The van der Waals surface area contributed by atoms with Crippen LogP contribution in [0.25, 0.3) is 22.1 Å². The van der Waals surface area contributed by atoms with Crippen molar-refractivity contribution in [3.63, 3.8) is 0 Å². The normalized spacial score (nSPS) is 17.2. The van der Waals surface area contributed by atoms with Crippen molar-refractivity contribution in [3.05, 3.63) is 42.1 Å². The third-order valence-electron chi connectivity index (χ3n) is 5.36. The molecule has 5 rings (SSSR count). The van der Waals surface area contributed by atoms with Gasteiger partial charge in [0.2, 0.25) is 5.88 Å². The molecule has 0 spiro atoms. The summed E-state index contributed by atoms with van der Waals surface area (Å²) in [5.74, 6) is 0.589. The van der Waals surface area contributed by atoms with Crippen LogP contribution in [0, 0.1) is 0 Å². The van der Waals surface area contributed by atoms with Gasteiger partial charge in [-0.05, 0) is 31.1 Å². The van der Waals surface area contributed by atoms with E-state index in [4.69, 9.17) is 19.4 Å². The Morgan fingerprint density at radius 3 is 2.83 bits per heavy atom. The average molecular weight is 410 g/mol. The number of aromatic nitrogens is 5. The summed E-state index contributed by atoms with van der Waals surface area (Å²) in [4.78, 5) is 9.46. The quantitative estimate of drug-likeness (QED) is 0.361. The van der Waals surface area contributed by atoms with Gasteiger partial charge >= 0.3 is 0 Å². The van der Waals surface area contributed by atoms with E-state index in [-0.39, 0.29) is 6.23 Å². The van der Waals surface area contributed by atoms with Gasteiger partial charge in [-0.1, -0.05) is 42.1 Å². The maximum Gasteiger partial charge on any atom is 0.229 e. The van der Waals surface area contributed by atoms with E-state index >= 15 is 0 Å². The minimum atomic E-state index is -0.0611. The van der Waals surface area contributed by atoms with Gasteiger partial charge < -0.3 is 14.0 Å². The third kappa shape index (κ3) is 3.26. The SMILES string of the molecule is CSc1nc(OCc2ccccc2)c2c3c(cnn3C3CCCCO3)n(C)c2n1. The molecule has 4 heterocycles. The molecule has 0 radical (unpaired) electrons. The van der Waals surface area contributed by atoms with Crippen molar-refractivity contribution in [2.45, 2.75) is 37.3 Å². The van der Waals surface area contributed by atoms with Crippen LogP contribution in [0.3, 0.4) is 0 Å². The largest absolute Gasteiger partial charge is 0.472 e. The maximum absolute atomic E-state index is 6.22. The molecular weight excluding hydrogens is 386 g/mol. The monoisotopic (exact) mass is 409 g/mol. The molecule has 1 aromatic carbocycles. The Morgan fingerprint density at radius 1 is 1.21 bits per heavy atom. The van der Waals surface area contributed by atoms with Gasteiger partial charge in [-0.25, -0.2) is 9.67 Å². The molecule has 1 fully saturated rings. The van der Waals surface area contributed by atoms with Gasteiger partial charge in [0.05, 0.1) is 11.7 Å². The van der Waals surface area contributed by atoms with Gasteiger partial charge in [0.15, 0.2) is 17.0 Å². The van der Waals surface area contributed by atoms with Gasteiger partial charge in [-0.2, -0.15) is 10.1 Å². The van der Waals surface area contributed by atoms with Gasteiger partial charge in [-0.15, -0.1) is 0 Å². The summed E-state index contributed by atoms with van der Waals surface area (Å²) < 4.78 is 16.3. The maximum atomic E-state index is 6.22. The Hall–Kier alpha value is -2.58. The summed E-state index contributed by atoms with van der Waals surface area (Å²) >= 11 is 1.51. The molecule has 1 unspecified atom stereocenters. The summed E-state index contributed by atoms with van der Waals surface area (Å²) in [5.41, 5.74) is 3.93. The first-order chi connectivity index (χ1) is 14.3. The number of ether oxygens (including phenoxy) is 2. The van der Waals surface area contributed by atoms with Crippen molar-refractivity contribution >= 4 is 33.8 Å². The number of thioether (sulfide) groups is 1. The third-order valence-corrected chi connectivity index (χ3v) is 5.91. The van der Waals surface area contributed by atoms with Crippen LogP contribution in [-0.4, -0.2) is 37.2 Å². The molecule has 0 bridgehead atoms. The minimum absolute atomic E-state index is 0.0611. The lowest BCUT2D eigenvalue weighted by atomic mass is 10.2. The lowest BCUT2D eigenvalue weighted by Gasteiger charge is -2.23. The van der Waals surface area contributed by atoms with Gasteiger partial charge in [0.1, 0.15) is 17.5 Å². The molecule has 1 aliphatic rings. The fourth-order valence-corrected chi connectivity index (χ4v) is 4.22. The van der Waals surface area contributed by atoms with Crippen molar-refractivity contribution < 1.29 is 9.47 Å². The number of aryl methyl sites for hydroxylation is 1. The van der Waals surface area contributed by atoms with Crippen molar-refractivity contribution in [2.24, 2.45) is 7.05 Å². The highest BCUT2D eigenvalue weighted by Gasteiger charge is 2.25. The van der Waals surface area contributed by atoms with E-state index in [0.717, 1.165) is 53.5 Å². The van der Waals surface area contributed by atoms with Crippen LogP contribution in [0.5, 0.6) is 5.88 Å². The van der Waals surface area contributed by atoms with Crippen molar-refractivity contribution in [1.29, 1.82) is 0 Å². The molecule has 8 heteroatoms. The molecule has 1 aliphatic heterocycles. The number of fused-ring (bicyclic) bond motifs is 3. The predicted octanol–water partition coefficient (Wildman–Crippen LogP) is 4.32. The van der Waals surface area contributed by atoms with E-state index < -0.39 is 0 Å². The first-order valence-corrected chi connectivity index (χ1v) is 11.0. The molecule has 29 heavy (non-hydrogen) atoms. The summed E-state index contributed by atoms with van der Waals surface area (Å²) in [5, 5.41) is 6.23.